The number of fused-ring (bicyclic) bond motifs is 1. The van der Waals surface area contributed by atoms with E-state index in [1.165, 1.54) is 0 Å². The Labute approximate surface area is 196 Å². The maximum Gasteiger partial charge on any atom is 0.414 e. The van der Waals surface area contributed by atoms with E-state index in [1.54, 1.807) is 17.0 Å². The van der Waals surface area contributed by atoms with E-state index < -0.39 is 11.1 Å². The molecule has 4 rings (SSSR count). The minimum absolute atomic E-state index is 0.00313. The van der Waals surface area contributed by atoms with Crippen LogP contribution in [0.2, 0.25) is 0 Å². The number of piperidine rings is 1. The highest BCUT2D eigenvalue weighted by Gasteiger charge is 2.34. The van der Waals surface area contributed by atoms with E-state index in [0.29, 0.717) is 24.2 Å². The summed E-state index contributed by atoms with van der Waals surface area (Å²) in [4.78, 5) is 28.8. The smallest absolute Gasteiger partial charge is 0.414 e. The van der Waals surface area contributed by atoms with E-state index in [4.69, 9.17) is 4.74 Å². The second-order valence-electron chi connectivity index (χ2n) is 8.69. The van der Waals surface area contributed by atoms with Gasteiger partial charge in [0.25, 0.3) is 5.91 Å². The lowest BCUT2D eigenvalue weighted by Gasteiger charge is -2.41. The van der Waals surface area contributed by atoms with E-state index in [9.17, 15) is 18.4 Å². The Bertz CT molecular complexity index is 1070. The minimum atomic E-state index is -2.28. The monoisotopic (exact) mass is 470 g/mol. The van der Waals surface area contributed by atoms with Crippen LogP contribution in [0.25, 0.3) is 0 Å². The Morgan fingerprint density at radius 3 is 2.61 bits per heavy atom. The van der Waals surface area contributed by atoms with Crippen molar-refractivity contribution < 1.29 is 23.1 Å². The number of benzene rings is 2. The number of anilines is 2. The maximum atomic E-state index is 12.5. The van der Waals surface area contributed by atoms with Gasteiger partial charge in [-0.15, -0.1) is 0 Å². The van der Waals surface area contributed by atoms with Gasteiger partial charge in [0.1, 0.15) is 6.61 Å². The summed E-state index contributed by atoms with van der Waals surface area (Å²) in [6, 6.07) is 13.0. The molecular weight excluding hydrogens is 442 g/mol. The number of hydrogen-bond acceptors (Lipinski definition) is 6. The van der Waals surface area contributed by atoms with Gasteiger partial charge in [0, 0.05) is 47.7 Å². The summed E-state index contributed by atoms with van der Waals surface area (Å²) < 4.78 is 28.4. The molecule has 0 aromatic heterocycles. The lowest BCUT2D eigenvalue weighted by molar-refractivity contribution is 0.0943. The fourth-order valence-corrected chi connectivity index (χ4v) is 4.99. The fourth-order valence-electron chi connectivity index (χ4n) is 4.51. The molecule has 2 aromatic rings. The second-order valence-corrected chi connectivity index (χ2v) is 9.59. The van der Waals surface area contributed by atoms with E-state index in [1.807, 2.05) is 44.2 Å². The Hall–Kier alpha value is -2.91. The first-order valence-electron chi connectivity index (χ1n) is 11.1. The van der Waals surface area contributed by atoms with E-state index in [0.717, 1.165) is 29.8 Å². The van der Waals surface area contributed by atoms with Crippen LogP contribution in [0.4, 0.5) is 16.2 Å². The number of nitrogens with zero attached hydrogens (tertiary/aromatic N) is 2. The Balaban J connectivity index is 1.52. The number of para-hydroxylation sites is 1. The number of rotatable bonds is 6. The van der Waals surface area contributed by atoms with Crippen LogP contribution in [-0.4, -0.2) is 45.9 Å². The number of carbonyl (C=O) groups is 2. The third kappa shape index (κ3) is 5.20. The van der Waals surface area contributed by atoms with Gasteiger partial charge in [-0.25, -0.2) is 4.79 Å². The average molecular weight is 471 g/mol. The molecule has 0 spiro atoms. The van der Waals surface area contributed by atoms with Crippen LogP contribution >= 0.6 is 0 Å². The van der Waals surface area contributed by atoms with Crippen molar-refractivity contribution >= 4 is 34.5 Å². The molecule has 2 aromatic carbocycles. The number of nitrogens with one attached hydrogen (secondary N) is 1. The van der Waals surface area contributed by atoms with Crippen molar-refractivity contribution in [2.75, 3.05) is 22.9 Å². The van der Waals surface area contributed by atoms with Crippen molar-refractivity contribution in [2.45, 2.75) is 51.1 Å². The molecule has 1 saturated heterocycles. The number of hydrogen-bond donors (Lipinski definition) is 1. The van der Waals surface area contributed by atoms with Crippen molar-refractivity contribution in [2.24, 2.45) is 0 Å². The van der Waals surface area contributed by atoms with Gasteiger partial charge in [-0.2, -0.15) is 0 Å². The van der Waals surface area contributed by atoms with Gasteiger partial charge in [-0.1, -0.05) is 29.3 Å². The Morgan fingerprint density at radius 2 is 1.91 bits per heavy atom. The molecule has 0 bridgehead atoms. The van der Waals surface area contributed by atoms with Crippen molar-refractivity contribution in [1.82, 2.24) is 5.32 Å². The molecule has 2 heterocycles. The van der Waals surface area contributed by atoms with Crippen molar-refractivity contribution in [3.05, 3.63) is 59.2 Å². The van der Waals surface area contributed by atoms with Gasteiger partial charge in [0.15, 0.2) is 0 Å². The molecule has 1 N–H and O–H groups in total. The molecule has 1 atom stereocenters. The first-order valence-corrected chi connectivity index (χ1v) is 12.4. The molecule has 33 heavy (non-hydrogen) atoms. The van der Waals surface area contributed by atoms with Crippen LogP contribution in [0, 0.1) is 0 Å². The first kappa shape index (κ1) is 23.3. The molecule has 0 radical (unpaired) electrons. The zero-order valence-electron chi connectivity index (χ0n) is 18.8. The third-order valence-corrected chi connectivity index (χ3v) is 6.55. The highest BCUT2D eigenvalue weighted by molar-refractivity contribution is 7.78. The Morgan fingerprint density at radius 1 is 1.18 bits per heavy atom. The molecule has 1 fully saturated rings. The highest BCUT2D eigenvalue weighted by Crippen LogP contribution is 2.33. The van der Waals surface area contributed by atoms with Gasteiger partial charge in [0.05, 0.1) is 5.69 Å². The number of carbonyl (C=O) groups excluding carboxylic acids is 2. The molecule has 2 amide bonds. The van der Waals surface area contributed by atoms with Gasteiger partial charge >= 0.3 is 6.09 Å². The number of ether oxygens (including phenoxy) is 1. The molecule has 2 aliphatic rings. The zero-order valence-corrected chi connectivity index (χ0v) is 19.6. The Kier molecular flexibility index (Phi) is 6.99. The van der Waals surface area contributed by atoms with Gasteiger partial charge in [0.2, 0.25) is 0 Å². The molecule has 8 nitrogen and oxygen atoms in total. The van der Waals surface area contributed by atoms with Crippen LogP contribution in [0.15, 0.2) is 42.5 Å². The topological polar surface area (TPSA) is 102 Å². The van der Waals surface area contributed by atoms with Gasteiger partial charge < -0.3 is 19.5 Å². The van der Waals surface area contributed by atoms with Crippen LogP contribution < -0.4 is 15.1 Å². The van der Waals surface area contributed by atoms with E-state index in [-0.39, 0.29) is 36.4 Å². The van der Waals surface area contributed by atoms with Gasteiger partial charge in [-0.3, -0.25) is 13.9 Å². The van der Waals surface area contributed by atoms with E-state index >= 15 is 0 Å². The van der Waals surface area contributed by atoms with Crippen molar-refractivity contribution in [3.8, 4) is 0 Å². The quantitative estimate of drug-likeness (QED) is 0.650. The van der Waals surface area contributed by atoms with Crippen LogP contribution in [0.1, 0.15) is 48.2 Å². The van der Waals surface area contributed by atoms with Crippen molar-refractivity contribution in [1.29, 1.82) is 0 Å². The lowest BCUT2D eigenvalue weighted by Crippen LogP contribution is -2.49. The summed E-state index contributed by atoms with van der Waals surface area (Å²) in [5, 5.41) is 2.84. The largest absolute Gasteiger partial charge is 0.772 e. The molecule has 2 aliphatic heterocycles. The predicted molar refractivity (Wildman–Crippen MR) is 126 cm³/mol. The maximum absolute atomic E-state index is 12.5. The standard InChI is InChI=1S/C24H29N3O5S/c1-16(2)25-23(28)17-7-8-21(19(13-17)15-33(30)31)26-11-9-20(10-12-26)27-22-6-4-3-5-18(22)14-32-24(27)29/h3-8,13,16,20H,9-12,14-15H2,1-2H3,(H,25,28)(H,30,31)/p-1. The molecule has 9 heteroatoms. The number of cyclic esters (lactones) is 1. The minimum Gasteiger partial charge on any atom is -0.772 e. The predicted octanol–water partition coefficient (Wildman–Crippen LogP) is 3.33. The number of amides is 2. The SMILES string of the molecule is CC(C)NC(=O)c1ccc(N2CCC(N3C(=O)OCc4ccccc43)CC2)c(CS(=O)[O-])c1. The highest BCUT2D eigenvalue weighted by atomic mass is 32.2. The zero-order chi connectivity index (χ0) is 23.5. The summed E-state index contributed by atoms with van der Waals surface area (Å²) in [7, 11) is 0. The molecular formula is C24H28N3O5S-. The summed E-state index contributed by atoms with van der Waals surface area (Å²) >= 11 is -2.28. The van der Waals surface area contributed by atoms with Gasteiger partial charge in [-0.05, 0) is 56.5 Å². The summed E-state index contributed by atoms with van der Waals surface area (Å²) in [5.41, 5.74) is 3.74. The average Bonchev–Trinajstić information content (AvgIpc) is 2.78. The lowest BCUT2D eigenvalue weighted by atomic mass is 9.99. The normalized spacial score (nSPS) is 17.5. The molecule has 176 valence electrons. The summed E-state index contributed by atoms with van der Waals surface area (Å²) in [5.74, 6) is -0.389. The third-order valence-electron chi connectivity index (χ3n) is 6.00. The summed E-state index contributed by atoms with van der Waals surface area (Å²) in [6.45, 7) is 5.36. The fraction of sp³-hybridized carbons (Fsp3) is 0.417. The van der Waals surface area contributed by atoms with Crippen LogP contribution in [0.3, 0.4) is 0 Å². The molecule has 0 saturated carbocycles. The van der Waals surface area contributed by atoms with E-state index in [2.05, 4.69) is 10.2 Å². The second kappa shape index (κ2) is 9.93. The van der Waals surface area contributed by atoms with Crippen LogP contribution in [0.5, 0.6) is 0 Å². The van der Waals surface area contributed by atoms with Crippen LogP contribution in [-0.2, 0) is 28.2 Å². The first-order chi connectivity index (χ1) is 15.8. The molecule has 1 unspecified atom stereocenters. The molecule has 0 aliphatic carbocycles. The summed E-state index contributed by atoms with van der Waals surface area (Å²) in [6.07, 6.45) is 1.12. The van der Waals surface area contributed by atoms with Crippen molar-refractivity contribution in [3.63, 3.8) is 0 Å².